The lowest BCUT2D eigenvalue weighted by Gasteiger charge is -2.32. The molecule has 1 saturated heterocycles. The van der Waals surface area contributed by atoms with Crippen molar-refractivity contribution in [2.24, 2.45) is 5.92 Å². The number of nitrogens with one attached hydrogen (secondary N) is 2. The third-order valence-corrected chi connectivity index (χ3v) is 6.93. The smallest absolute Gasteiger partial charge is 0.232 e. The molecule has 7 nitrogen and oxygen atoms in total. The number of hydrogen-bond acceptors (Lipinski definition) is 6. The number of aromatic nitrogens is 2. The van der Waals surface area contributed by atoms with Crippen LogP contribution in [0.5, 0.6) is 5.75 Å². The number of piperidine rings is 1. The second-order valence-corrected chi connectivity index (χ2v) is 9.79. The van der Waals surface area contributed by atoms with E-state index in [2.05, 4.69) is 57.7 Å². The Morgan fingerprint density at radius 3 is 2.37 bits per heavy atom. The van der Waals surface area contributed by atoms with Gasteiger partial charge in [-0.05, 0) is 59.8 Å². The minimum Gasteiger partial charge on any atom is -0.497 e. The van der Waals surface area contributed by atoms with Gasteiger partial charge in [0.05, 0.1) is 7.11 Å². The molecule has 1 fully saturated rings. The van der Waals surface area contributed by atoms with E-state index < -0.39 is 0 Å². The van der Waals surface area contributed by atoms with Crippen molar-refractivity contribution >= 4 is 34.9 Å². The van der Waals surface area contributed by atoms with E-state index in [-0.39, 0.29) is 0 Å². The number of nitrogens with zero attached hydrogens (tertiary/aromatic N) is 4. The average molecular weight is 489 g/mol. The molecule has 8 heteroatoms. The van der Waals surface area contributed by atoms with Gasteiger partial charge in [-0.1, -0.05) is 43.3 Å². The number of ether oxygens (including phenoxy) is 1. The first-order valence-corrected chi connectivity index (χ1v) is 12.6. The molecule has 0 aliphatic carbocycles. The van der Waals surface area contributed by atoms with Gasteiger partial charge in [-0.2, -0.15) is 9.97 Å². The highest BCUT2D eigenvalue weighted by molar-refractivity contribution is 7.80. The Balaban J connectivity index is 1.33. The topological polar surface area (TPSA) is 65.6 Å². The molecule has 0 radical (unpaired) electrons. The minimum atomic E-state index is 0.501. The van der Waals surface area contributed by atoms with Gasteiger partial charge in [0.2, 0.25) is 5.95 Å². The van der Waals surface area contributed by atoms with Crippen LogP contribution in [0, 0.1) is 5.92 Å². The molecule has 182 valence electrons. The van der Waals surface area contributed by atoms with Crippen molar-refractivity contribution in [3.05, 3.63) is 71.3 Å². The molecular weight excluding hydrogens is 456 g/mol. The third kappa shape index (κ3) is 5.65. The molecule has 3 heterocycles. The van der Waals surface area contributed by atoms with Crippen LogP contribution in [0.4, 0.5) is 17.6 Å². The zero-order valence-corrected chi connectivity index (χ0v) is 21.1. The van der Waals surface area contributed by atoms with Gasteiger partial charge in [0.25, 0.3) is 0 Å². The Bertz CT molecular complexity index is 1160. The second kappa shape index (κ2) is 10.5. The lowest BCUT2D eigenvalue weighted by Crippen LogP contribution is -2.35. The summed E-state index contributed by atoms with van der Waals surface area (Å²) in [6, 6.07) is 18.6. The molecule has 2 N–H and O–H groups in total. The quantitative estimate of drug-likeness (QED) is 0.483. The molecule has 5 rings (SSSR count). The Hall–Kier alpha value is -3.39. The van der Waals surface area contributed by atoms with E-state index in [0.717, 1.165) is 49.1 Å². The van der Waals surface area contributed by atoms with E-state index in [1.54, 1.807) is 7.11 Å². The van der Waals surface area contributed by atoms with Crippen molar-refractivity contribution < 1.29 is 4.74 Å². The predicted octanol–water partition coefficient (Wildman–Crippen LogP) is 4.73. The maximum absolute atomic E-state index is 5.58. The number of rotatable bonds is 6. The molecule has 1 atom stereocenters. The Morgan fingerprint density at radius 1 is 1.03 bits per heavy atom. The van der Waals surface area contributed by atoms with E-state index in [1.165, 1.54) is 24.0 Å². The van der Waals surface area contributed by atoms with E-state index >= 15 is 0 Å². The van der Waals surface area contributed by atoms with Crippen LogP contribution in [0.15, 0.2) is 54.6 Å². The largest absolute Gasteiger partial charge is 0.497 e. The molecule has 3 aromatic rings. The van der Waals surface area contributed by atoms with Gasteiger partial charge in [0.1, 0.15) is 17.4 Å². The number of fused-ring (bicyclic) bond motifs is 1. The van der Waals surface area contributed by atoms with E-state index in [4.69, 9.17) is 26.9 Å². The minimum absolute atomic E-state index is 0.501. The third-order valence-electron chi connectivity index (χ3n) is 6.68. The maximum atomic E-state index is 5.58. The molecule has 1 aromatic heterocycles. The fourth-order valence-corrected chi connectivity index (χ4v) is 4.93. The molecule has 2 aliphatic rings. The monoisotopic (exact) mass is 488 g/mol. The summed E-state index contributed by atoms with van der Waals surface area (Å²) in [5.74, 6) is 3.90. The van der Waals surface area contributed by atoms with Crippen molar-refractivity contribution in [2.45, 2.75) is 39.4 Å². The standard InChI is InChI=1S/C27H32N6OS/c1-19-6-5-13-32(16-19)24-14-25(33-17-21-7-3-4-8-22(21)18-33)30-26(29-24)31-27(35)28-15-20-9-11-23(34-2)12-10-20/h3-4,7-12,14,19H,5-6,13,15-18H2,1-2H3,(H2,28,29,30,31,35)/t19-/m0/s1. The van der Waals surface area contributed by atoms with Crippen molar-refractivity contribution in [1.82, 2.24) is 15.3 Å². The van der Waals surface area contributed by atoms with Crippen LogP contribution in [0.3, 0.4) is 0 Å². The fourth-order valence-electron chi connectivity index (χ4n) is 4.77. The Labute approximate surface area is 212 Å². The summed E-state index contributed by atoms with van der Waals surface area (Å²) >= 11 is 5.58. The molecule has 0 saturated carbocycles. The summed E-state index contributed by atoms with van der Waals surface area (Å²) in [7, 11) is 1.67. The summed E-state index contributed by atoms with van der Waals surface area (Å²) in [6.45, 7) is 6.64. The molecule has 0 spiro atoms. The second-order valence-electron chi connectivity index (χ2n) is 9.38. The highest BCUT2D eigenvalue weighted by atomic mass is 32.1. The molecule has 0 bridgehead atoms. The number of hydrogen-bond donors (Lipinski definition) is 2. The zero-order valence-electron chi connectivity index (χ0n) is 20.3. The maximum Gasteiger partial charge on any atom is 0.232 e. The van der Waals surface area contributed by atoms with Gasteiger partial charge in [0, 0.05) is 38.8 Å². The fraction of sp³-hybridized carbons (Fsp3) is 0.370. The molecule has 0 unspecified atom stereocenters. The number of thiocarbonyl (C=S) groups is 1. The van der Waals surface area contributed by atoms with Crippen LogP contribution in [-0.4, -0.2) is 35.3 Å². The SMILES string of the molecule is COc1ccc(CNC(=S)Nc2nc(N3Cc4ccccc4C3)cc(N3CCC[C@H](C)C3)n2)cc1. The number of anilines is 3. The number of methoxy groups -OCH3 is 1. The Morgan fingerprint density at radius 2 is 1.71 bits per heavy atom. The highest BCUT2D eigenvalue weighted by Gasteiger charge is 2.24. The average Bonchev–Trinajstić information content (AvgIpc) is 3.32. The predicted molar refractivity (Wildman–Crippen MR) is 145 cm³/mol. The normalized spacial score (nSPS) is 17.1. The lowest BCUT2D eigenvalue weighted by atomic mass is 10.0. The molecule has 2 aliphatic heterocycles. The summed E-state index contributed by atoms with van der Waals surface area (Å²) in [6.07, 6.45) is 2.45. The number of benzene rings is 2. The first-order chi connectivity index (χ1) is 17.1. The van der Waals surface area contributed by atoms with Crippen LogP contribution in [0.2, 0.25) is 0 Å². The van der Waals surface area contributed by atoms with Crippen LogP contribution < -0.4 is 25.2 Å². The zero-order chi connectivity index (χ0) is 24.2. The van der Waals surface area contributed by atoms with Crippen molar-refractivity contribution in [1.29, 1.82) is 0 Å². The van der Waals surface area contributed by atoms with Gasteiger partial charge < -0.3 is 25.2 Å². The van der Waals surface area contributed by atoms with Gasteiger partial charge in [-0.3, -0.25) is 0 Å². The van der Waals surface area contributed by atoms with Gasteiger partial charge in [0.15, 0.2) is 5.11 Å². The van der Waals surface area contributed by atoms with Gasteiger partial charge in [-0.15, -0.1) is 0 Å². The van der Waals surface area contributed by atoms with E-state index in [1.807, 2.05) is 24.3 Å². The molecule has 35 heavy (non-hydrogen) atoms. The summed E-state index contributed by atoms with van der Waals surface area (Å²) in [5, 5.41) is 7.00. The lowest BCUT2D eigenvalue weighted by molar-refractivity contribution is 0.414. The summed E-state index contributed by atoms with van der Waals surface area (Å²) in [4.78, 5) is 14.4. The molecule has 2 aromatic carbocycles. The van der Waals surface area contributed by atoms with Crippen molar-refractivity contribution in [3.63, 3.8) is 0 Å². The van der Waals surface area contributed by atoms with Crippen LogP contribution in [0.1, 0.15) is 36.5 Å². The Kier molecular flexibility index (Phi) is 6.99. The summed E-state index contributed by atoms with van der Waals surface area (Å²) < 4.78 is 5.23. The van der Waals surface area contributed by atoms with Crippen molar-refractivity contribution in [2.75, 3.05) is 35.3 Å². The van der Waals surface area contributed by atoms with E-state index in [9.17, 15) is 0 Å². The van der Waals surface area contributed by atoms with Crippen LogP contribution in [0.25, 0.3) is 0 Å². The first-order valence-electron chi connectivity index (χ1n) is 12.2. The molecule has 0 amide bonds. The van der Waals surface area contributed by atoms with Crippen LogP contribution in [-0.2, 0) is 19.6 Å². The van der Waals surface area contributed by atoms with Crippen LogP contribution >= 0.6 is 12.2 Å². The first kappa shape index (κ1) is 23.4. The molecular formula is C27H32N6OS. The van der Waals surface area contributed by atoms with Crippen molar-refractivity contribution in [3.8, 4) is 5.75 Å². The summed E-state index contributed by atoms with van der Waals surface area (Å²) in [5.41, 5.74) is 3.82. The highest BCUT2D eigenvalue weighted by Crippen LogP contribution is 2.31. The van der Waals surface area contributed by atoms with Gasteiger partial charge >= 0.3 is 0 Å². The van der Waals surface area contributed by atoms with Gasteiger partial charge in [-0.25, -0.2) is 0 Å². The van der Waals surface area contributed by atoms with E-state index in [0.29, 0.717) is 23.5 Å².